The van der Waals surface area contributed by atoms with Crippen molar-refractivity contribution < 1.29 is 22.7 Å². The molecule has 1 rings (SSSR count). The lowest BCUT2D eigenvalue weighted by molar-refractivity contribution is -0.109. The molecule has 0 aliphatic carbocycles. The average molecular weight is 219 g/mol. The fraction of sp³-hybridized carbons (Fsp3) is 0.222. The van der Waals surface area contributed by atoms with Crippen LogP contribution in [0, 0.1) is 5.82 Å². The van der Waals surface area contributed by atoms with E-state index in [1.54, 1.807) is 0 Å². The number of hydrogen-bond donors (Lipinski definition) is 1. The highest BCUT2D eigenvalue weighted by atomic mass is 19.3. The van der Waals surface area contributed by atoms with Gasteiger partial charge in [-0.3, -0.25) is 4.79 Å². The van der Waals surface area contributed by atoms with E-state index < -0.39 is 18.2 Å². The molecule has 15 heavy (non-hydrogen) atoms. The summed E-state index contributed by atoms with van der Waals surface area (Å²) in [5.41, 5.74) is 0.459. The Labute approximate surface area is 83.8 Å². The number of carbonyl (C=O) groups excluding carboxylic acids is 1. The highest BCUT2D eigenvalue weighted by molar-refractivity contribution is 5.46. The Morgan fingerprint density at radius 3 is 2.73 bits per heavy atom. The van der Waals surface area contributed by atoms with Crippen LogP contribution in [0.2, 0.25) is 0 Å². The Hall–Kier alpha value is -1.72. The number of nitrogens with one attached hydrogen (secondary N) is 1. The maximum Gasteiger partial charge on any atom is 0.387 e. The van der Waals surface area contributed by atoms with Gasteiger partial charge in [-0.1, -0.05) is 6.07 Å². The third-order valence-electron chi connectivity index (χ3n) is 1.60. The SMILES string of the molecule is O=CNCc1ccc(OC(F)F)c(F)c1. The second-order valence-corrected chi connectivity index (χ2v) is 2.64. The monoisotopic (exact) mass is 219 g/mol. The number of carbonyl (C=O) groups is 1. The third-order valence-corrected chi connectivity index (χ3v) is 1.60. The molecule has 0 saturated heterocycles. The summed E-state index contributed by atoms with van der Waals surface area (Å²) in [7, 11) is 0. The minimum absolute atomic E-state index is 0.134. The number of hydrogen-bond acceptors (Lipinski definition) is 2. The van der Waals surface area contributed by atoms with E-state index in [9.17, 15) is 18.0 Å². The van der Waals surface area contributed by atoms with E-state index in [4.69, 9.17) is 0 Å². The first-order valence-electron chi connectivity index (χ1n) is 4.03. The van der Waals surface area contributed by atoms with Gasteiger partial charge in [0.25, 0.3) is 0 Å². The van der Waals surface area contributed by atoms with Crippen LogP contribution in [-0.2, 0) is 11.3 Å². The topological polar surface area (TPSA) is 38.3 Å². The second kappa shape index (κ2) is 5.23. The summed E-state index contributed by atoms with van der Waals surface area (Å²) in [6.45, 7) is -2.92. The molecule has 1 amide bonds. The summed E-state index contributed by atoms with van der Waals surface area (Å²) in [6, 6.07) is 3.49. The molecule has 0 unspecified atom stereocenters. The van der Waals surface area contributed by atoms with Crippen molar-refractivity contribution in [3.63, 3.8) is 0 Å². The molecular formula is C9H8F3NO2. The van der Waals surface area contributed by atoms with Crippen LogP contribution in [0.3, 0.4) is 0 Å². The van der Waals surface area contributed by atoms with Gasteiger partial charge in [-0.2, -0.15) is 8.78 Å². The van der Waals surface area contributed by atoms with Crippen molar-refractivity contribution in [1.82, 2.24) is 5.32 Å². The van der Waals surface area contributed by atoms with Gasteiger partial charge in [-0.05, 0) is 17.7 Å². The van der Waals surface area contributed by atoms with Gasteiger partial charge in [0, 0.05) is 6.54 Å². The van der Waals surface area contributed by atoms with Gasteiger partial charge in [-0.25, -0.2) is 4.39 Å². The maximum absolute atomic E-state index is 13.1. The summed E-state index contributed by atoms with van der Waals surface area (Å²) in [5.74, 6) is -1.40. The molecular weight excluding hydrogens is 211 g/mol. The van der Waals surface area contributed by atoms with Crippen LogP contribution in [0.15, 0.2) is 18.2 Å². The first kappa shape index (κ1) is 11.4. The van der Waals surface area contributed by atoms with Gasteiger partial charge >= 0.3 is 6.61 Å². The molecule has 1 aromatic rings. The molecule has 0 aliphatic heterocycles. The molecule has 1 aromatic carbocycles. The Balaban J connectivity index is 2.73. The summed E-state index contributed by atoms with van der Waals surface area (Å²) < 4.78 is 40.5. The van der Waals surface area contributed by atoms with E-state index >= 15 is 0 Å². The van der Waals surface area contributed by atoms with Crippen molar-refractivity contribution in [1.29, 1.82) is 0 Å². The van der Waals surface area contributed by atoms with Crippen LogP contribution in [-0.4, -0.2) is 13.0 Å². The summed E-state index contributed by atoms with van der Waals surface area (Å²) in [4.78, 5) is 9.95. The molecule has 0 heterocycles. The Morgan fingerprint density at radius 2 is 2.20 bits per heavy atom. The van der Waals surface area contributed by atoms with Crippen LogP contribution < -0.4 is 10.1 Å². The van der Waals surface area contributed by atoms with Crippen LogP contribution in [0.25, 0.3) is 0 Å². The van der Waals surface area contributed by atoms with Gasteiger partial charge in [-0.15, -0.1) is 0 Å². The zero-order valence-electron chi connectivity index (χ0n) is 7.54. The van der Waals surface area contributed by atoms with E-state index in [1.165, 1.54) is 6.07 Å². The van der Waals surface area contributed by atoms with Crippen LogP contribution in [0.1, 0.15) is 5.56 Å². The fourth-order valence-corrected chi connectivity index (χ4v) is 1.01. The summed E-state index contributed by atoms with van der Waals surface area (Å²) in [5, 5.41) is 2.32. The third kappa shape index (κ3) is 3.49. The van der Waals surface area contributed by atoms with Gasteiger partial charge in [0.15, 0.2) is 11.6 Å². The standard InChI is InChI=1S/C9H8F3NO2/c10-7-3-6(4-13-5-14)1-2-8(7)15-9(11)12/h1-3,5,9H,4H2,(H,13,14). The maximum atomic E-state index is 13.1. The smallest absolute Gasteiger partial charge is 0.387 e. The highest BCUT2D eigenvalue weighted by Crippen LogP contribution is 2.20. The predicted molar refractivity (Wildman–Crippen MR) is 45.9 cm³/mol. The number of amides is 1. The van der Waals surface area contributed by atoms with E-state index in [2.05, 4.69) is 10.1 Å². The lowest BCUT2D eigenvalue weighted by Crippen LogP contribution is -2.10. The van der Waals surface area contributed by atoms with E-state index in [1.807, 2.05) is 0 Å². The Kier molecular flexibility index (Phi) is 3.96. The van der Waals surface area contributed by atoms with Crippen LogP contribution in [0.4, 0.5) is 13.2 Å². The molecule has 0 atom stereocenters. The average Bonchev–Trinajstić information content (AvgIpc) is 2.18. The van der Waals surface area contributed by atoms with Crippen molar-refractivity contribution in [2.75, 3.05) is 0 Å². The molecule has 3 nitrogen and oxygen atoms in total. The molecule has 0 spiro atoms. The number of ether oxygens (including phenoxy) is 1. The van der Waals surface area contributed by atoms with Crippen molar-refractivity contribution in [2.24, 2.45) is 0 Å². The van der Waals surface area contributed by atoms with Gasteiger partial charge in [0.2, 0.25) is 6.41 Å². The van der Waals surface area contributed by atoms with Crippen molar-refractivity contribution in [3.05, 3.63) is 29.6 Å². The molecule has 0 bridgehead atoms. The molecule has 0 aliphatic rings. The fourth-order valence-electron chi connectivity index (χ4n) is 1.01. The van der Waals surface area contributed by atoms with Gasteiger partial charge in [0.05, 0.1) is 0 Å². The minimum atomic E-state index is -3.06. The summed E-state index contributed by atoms with van der Waals surface area (Å²) in [6.07, 6.45) is 0.460. The molecule has 1 N–H and O–H groups in total. The van der Waals surface area contributed by atoms with E-state index in [-0.39, 0.29) is 6.54 Å². The zero-order chi connectivity index (χ0) is 11.3. The normalized spacial score (nSPS) is 10.1. The van der Waals surface area contributed by atoms with Crippen molar-refractivity contribution in [2.45, 2.75) is 13.2 Å². The second-order valence-electron chi connectivity index (χ2n) is 2.64. The van der Waals surface area contributed by atoms with Crippen molar-refractivity contribution in [3.8, 4) is 5.75 Å². The number of halogens is 3. The lowest BCUT2D eigenvalue weighted by atomic mass is 10.2. The zero-order valence-corrected chi connectivity index (χ0v) is 7.54. The number of rotatable bonds is 5. The molecule has 6 heteroatoms. The van der Waals surface area contributed by atoms with Gasteiger partial charge < -0.3 is 10.1 Å². The summed E-state index contributed by atoms with van der Waals surface area (Å²) >= 11 is 0. The quantitative estimate of drug-likeness (QED) is 0.765. The molecule has 0 saturated carbocycles. The van der Waals surface area contributed by atoms with E-state index in [0.717, 1.165) is 12.1 Å². The first-order chi connectivity index (χ1) is 7.13. The molecule has 0 fully saturated rings. The Bertz CT molecular complexity index is 344. The van der Waals surface area contributed by atoms with Gasteiger partial charge in [0.1, 0.15) is 0 Å². The van der Waals surface area contributed by atoms with Crippen LogP contribution in [0.5, 0.6) is 5.75 Å². The molecule has 0 aromatic heterocycles. The van der Waals surface area contributed by atoms with Crippen molar-refractivity contribution >= 4 is 6.41 Å². The Morgan fingerprint density at radius 1 is 1.47 bits per heavy atom. The number of benzene rings is 1. The largest absolute Gasteiger partial charge is 0.432 e. The van der Waals surface area contributed by atoms with E-state index in [0.29, 0.717) is 12.0 Å². The van der Waals surface area contributed by atoms with Crippen LogP contribution >= 0.6 is 0 Å². The lowest BCUT2D eigenvalue weighted by Gasteiger charge is -2.07. The molecule has 0 radical (unpaired) electrons. The predicted octanol–water partition coefficient (Wildman–Crippen LogP) is 1.67. The minimum Gasteiger partial charge on any atom is -0.432 e. The first-order valence-corrected chi connectivity index (χ1v) is 4.03. The molecule has 82 valence electrons. The number of alkyl halides is 2. The highest BCUT2D eigenvalue weighted by Gasteiger charge is 2.09.